The SMILES string of the molecule is CCCCCCCCCCCC(=O)O[C@H](CCCCCCCCCCC)CC(=O)N[C@@H](CCOP(=O)(OCc1ccccc1)OCc1ccccc1)C(=O)NCCC[C@H](CO)NC(=O)C[C@H](CCCCCCCCCCC)OCc1ccccc1. The maximum atomic E-state index is 14.3. The normalized spacial score (nSPS) is 13.0. The van der Waals surface area contributed by atoms with Crippen LogP contribution < -0.4 is 16.0 Å². The summed E-state index contributed by atoms with van der Waals surface area (Å²) in [5, 5.41) is 19.2. The van der Waals surface area contributed by atoms with E-state index < -0.39 is 37.8 Å². The lowest BCUT2D eigenvalue weighted by molar-refractivity contribution is -0.151. The Kier molecular flexibility index (Phi) is 44.5. The molecule has 14 nitrogen and oxygen atoms in total. The summed E-state index contributed by atoms with van der Waals surface area (Å²) in [7, 11) is -4.22. The summed E-state index contributed by atoms with van der Waals surface area (Å²) in [6.45, 7) is 6.59. The number of esters is 1. The molecule has 0 aliphatic heterocycles. The largest absolute Gasteiger partial charge is 0.475 e. The number of nitrogens with one attached hydrogen (secondary N) is 3. The molecule has 4 atom stereocenters. The van der Waals surface area contributed by atoms with Crippen LogP contribution in [0.15, 0.2) is 91.0 Å². The second-order valence-electron chi connectivity index (χ2n) is 23.3. The highest BCUT2D eigenvalue weighted by atomic mass is 31.2. The van der Waals surface area contributed by atoms with Gasteiger partial charge < -0.3 is 30.5 Å². The van der Waals surface area contributed by atoms with Gasteiger partial charge in [0.15, 0.2) is 0 Å². The van der Waals surface area contributed by atoms with Gasteiger partial charge in [-0.25, -0.2) is 4.57 Å². The number of hydrogen-bond acceptors (Lipinski definition) is 11. The monoisotopic (exact) mass is 1200 g/mol. The molecular formula is C70H114N3O11P. The number of carbonyl (C=O) groups is 4. The predicted molar refractivity (Wildman–Crippen MR) is 343 cm³/mol. The number of ether oxygens (including phenoxy) is 2. The summed E-state index contributed by atoms with van der Waals surface area (Å²) >= 11 is 0. The summed E-state index contributed by atoms with van der Waals surface area (Å²) in [5.41, 5.74) is 2.56. The maximum absolute atomic E-state index is 14.3. The van der Waals surface area contributed by atoms with Crippen molar-refractivity contribution in [2.75, 3.05) is 19.8 Å². The van der Waals surface area contributed by atoms with Crippen LogP contribution in [-0.2, 0) is 66.6 Å². The topological polar surface area (TPSA) is 188 Å². The van der Waals surface area contributed by atoms with Crippen LogP contribution in [0.1, 0.15) is 262 Å². The van der Waals surface area contributed by atoms with E-state index in [1.165, 1.54) is 109 Å². The van der Waals surface area contributed by atoms with Gasteiger partial charge >= 0.3 is 13.8 Å². The van der Waals surface area contributed by atoms with Gasteiger partial charge in [0.1, 0.15) is 12.1 Å². The first-order valence-electron chi connectivity index (χ1n) is 33.5. The molecule has 3 rings (SSSR count). The molecule has 4 N–H and O–H groups in total. The smallest absolute Gasteiger partial charge is 0.462 e. The Morgan fingerprint density at radius 1 is 0.459 bits per heavy atom. The summed E-state index contributed by atoms with van der Waals surface area (Å²) in [5.74, 6) is -1.49. The van der Waals surface area contributed by atoms with Gasteiger partial charge in [-0.1, -0.05) is 272 Å². The molecule has 3 aromatic rings. The van der Waals surface area contributed by atoms with E-state index in [2.05, 4.69) is 36.7 Å². The number of phosphoric ester groups is 1. The van der Waals surface area contributed by atoms with Crippen molar-refractivity contribution in [3.63, 3.8) is 0 Å². The van der Waals surface area contributed by atoms with Crippen molar-refractivity contribution in [3.05, 3.63) is 108 Å². The zero-order valence-electron chi connectivity index (χ0n) is 52.9. The third-order valence-electron chi connectivity index (χ3n) is 15.6. The summed E-state index contributed by atoms with van der Waals surface area (Å²) in [6, 6.07) is 26.7. The van der Waals surface area contributed by atoms with Gasteiger partial charge in [-0.3, -0.25) is 32.7 Å². The first kappa shape index (κ1) is 74.8. The quantitative estimate of drug-likeness (QED) is 0.0239. The first-order chi connectivity index (χ1) is 41.6. The Bertz CT molecular complexity index is 2110. The number of amides is 3. The second kappa shape index (κ2) is 50.6. The van der Waals surface area contributed by atoms with E-state index in [9.17, 15) is 28.8 Å². The van der Waals surface area contributed by atoms with E-state index in [1.54, 1.807) is 0 Å². The molecule has 0 aliphatic rings. The molecule has 0 saturated carbocycles. The number of rotatable bonds is 56. The van der Waals surface area contributed by atoms with Crippen molar-refractivity contribution in [2.24, 2.45) is 0 Å². The van der Waals surface area contributed by atoms with Crippen LogP contribution in [0.4, 0.5) is 0 Å². The lowest BCUT2D eigenvalue weighted by Gasteiger charge is -2.23. The molecule has 0 fully saturated rings. The van der Waals surface area contributed by atoms with Crippen LogP contribution in [0.2, 0.25) is 0 Å². The highest BCUT2D eigenvalue weighted by Crippen LogP contribution is 2.51. The minimum Gasteiger partial charge on any atom is -0.462 e. The first-order valence-corrected chi connectivity index (χ1v) is 35.0. The summed E-state index contributed by atoms with van der Waals surface area (Å²) in [6.07, 6.45) is 32.5. The van der Waals surface area contributed by atoms with Crippen molar-refractivity contribution in [1.82, 2.24) is 16.0 Å². The number of phosphoric acid groups is 1. The van der Waals surface area contributed by atoms with Crippen LogP contribution >= 0.6 is 7.82 Å². The average Bonchev–Trinajstić information content (AvgIpc) is 3.65. The molecule has 15 heteroatoms. The van der Waals surface area contributed by atoms with Crippen molar-refractivity contribution in [1.29, 1.82) is 0 Å². The number of aliphatic hydroxyl groups excluding tert-OH is 1. The van der Waals surface area contributed by atoms with E-state index in [0.717, 1.165) is 87.3 Å². The molecule has 85 heavy (non-hydrogen) atoms. The lowest BCUT2D eigenvalue weighted by atomic mass is 10.0. The number of benzene rings is 3. The fourth-order valence-electron chi connectivity index (χ4n) is 10.4. The van der Waals surface area contributed by atoms with Crippen LogP contribution in [0.3, 0.4) is 0 Å². The van der Waals surface area contributed by atoms with Crippen molar-refractivity contribution < 1.29 is 51.9 Å². The molecule has 3 amide bonds. The van der Waals surface area contributed by atoms with Crippen molar-refractivity contribution in [2.45, 2.75) is 290 Å². The fraction of sp³-hybridized carbons (Fsp3) is 0.686. The Hall–Kier alpha value is -4.43. The summed E-state index contributed by atoms with van der Waals surface area (Å²) in [4.78, 5) is 55.1. The number of hydrogen-bond donors (Lipinski definition) is 4. The highest BCUT2D eigenvalue weighted by Gasteiger charge is 2.30. The molecular weight excluding hydrogens is 1090 g/mol. The molecule has 0 aliphatic carbocycles. The molecule has 0 radical (unpaired) electrons. The maximum Gasteiger partial charge on any atom is 0.475 e. The van der Waals surface area contributed by atoms with Gasteiger partial charge in [-0.15, -0.1) is 0 Å². The highest BCUT2D eigenvalue weighted by molar-refractivity contribution is 7.48. The Balaban J connectivity index is 1.68. The van der Waals surface area contributed by atoms with E-state index >= 15 is 0 Å². The number of unbranched alkanes of at least 4 members (excludes halogenated alkanes) is 24. The molecule has 0 spiro atoms. The Morgan fingerprint density at radius 2 is 0.871 bits per heavy atom. The van der Waals surface area contributed by atoms with Crippen LogP contribution in [0.5, 0.6) is 0 Å². The van der Waals surface area contributed by atoms with E-state index in [0.29, 0.717) is 25.9 Å². The number of carbonyl (C=O) groups excluding carboxylic acids is 4. The van der Waals surface area contributed by atoms with Gasteiger partial charge in [0.25, 0.3) is 0 Å². The van der Waals surface area contributed by atoms with Gasteiger partial charge in [0.05, 0.1) is 58.0 Å². The molecule has 0 bridgehead atoms. The van der Waals surface area contributed by atoms with Gasteiger partial charge in [-0.05, 0) is 55.2 Å². The molecule has 0 unspecified atom stereocenters. The third kappa shape index (κ3) is 39.9. The number of aliphatic hydroxyl groups is 1. The van der Waals surface area contributed by atoms with Crippen LogP contribution in [0, 0.1) is 0 Å². The zero-order chi connectivity index (χ0) is 61.1. The predicted octanol–water partition coefficient (Wildman–Crippen LogP) is 16.8. The van der Waals surface area contributed by atoms with Gasteiger partial charge in [0.2, 0.25) is 17.7 Å². The standard InChI is InChI=1S/C70H114N3O11P/c1-4-7-10-13-16-19-22-25-37-48-64(80-57-60-41-31-28-32-42-60)54-67(75)72-63(56-74)47-40-52-71-70(78)66(51-53-81-85(79,82-58-61-43-33-29-34-44-61)83-59-62-45-35-30-36-46-62)73-68(76)55-65(49-38-26-23-20-17-14-11-8-5-2)84-69(77)50-39-27-24-21-18-15-12-9-6-3/h28-36,41-46,63-66,74H,4-27,37-40,47-59H2,1-3H3,(H,71,78)(H,72,75)(H,73,76)/t63-,64+,65-,66+/m1/s1. The van der Waals surface area contributed by atoms with E-state index in [4.69, 9.17) is 23.0 Å². The molecule has 3 aromatic carbocycles. The second-order valence-corrected chi connectivity index (χ2v) is 25.0. The molecule has 0 saturated heterocycles. The van der Waals surface area contributed by atoms with Gasteiger partial charge in [0, 0.05) is 19.4 Å². The molecule has 480 valence electrons. The van der Waals surface area contributed by atoms with Crippen LogP contribution in [-0.4, -0.2) is 72.8 Å². The minimum atomic E-state index is -4.22. The lowest BCUT2D eigenvalue weighted by Crippen LogP contribution is -2.48. The minimum absolute atomic E-state index is 0.0526. The average molecular weight is 1200 g/mol. The van der Waals surface area contributed by atoms with E-state index in [1.807, 2.05) is 91.0 Å². The Labute approximate surface area is 514 Å². The van der Waals surface area contributed by atoms with Crippen molar-refractivity contribution >= 4 is 31.5 Å². The Morgan fingerprint density at radius 3 is 1.34 bits per heavy atom. The third-order valence-corrected chi connectivity index (χ3v) is 17.0. The zero-order valence-corrected chi connectivity index (χ0v) is 53.8. The molecule has 0 aromatic heterocycles. The van der Waals surface area contributed by atoms with Gasteiger partial charge in [-0.2, -0.15) is 0 Å². The molecule has 0 heterocycles. The fourth-order valence-corrected chi connectivity index (χ4v) is 11.6. The van der Waals surface area contributed by atoms with Crippen LogP contribution in [0.25, 0.3) is 0 Å². The summed E-state index contributed by atoms with van der Waals surface area (Å²) < 4.78 is 44.3. The van der Waals surface area contributed by atoms with E-state index in [-0.39, 0.29) is 76.6 Å². The van der Waals surface area contributed by atoms with Crippen molar-refractivity contribution in [3.8, 4) is 0 Å².